The van der Waals surface area contributed by atoms with Crippen molar-refractivity contribution in [3.05, 3.63) is 24.3 Å². The lowest BCUT2D eigenvalue weighted by molar-refractivity contribution is -0.129. The lowest BCUT2D eigenvalue weighted by Gasteiger charge is -2.21. The number of para-hydroxylation sites is 2. The quantitative estimate of drug-likeness (QED) is 0.836. The number of carbonyl (C=O) groups excluding carboxylic acids is 2. The summed E-state index contributed by atoms with van der Waals surface area (Å²) in [5.74, 6) is 0.204. The summed E-state index contributed by atoms with van der Waals surface area (Å²) in [6.45, 7) is 3.56. The van der Waals surface area contributed by atoms with E-state index in [1.807, 2.05) is 19.1 Å². The van der Waals surface area contributed by atoms with Gasteiger partial charge in [0.1, 0.15) is 5.75 Å². The second-order valence-corrected chi connectivity index (χ2v) is 5.08. The third kappa shape index (κ3) is 4.73. The largest absolute Gasteiger partial charge is 0.492 e. The molecule has 120 valence electrons. The van der Waals surface area contributed by atoms with E-state index in [0.29, 0.717) is 44.1 Å². The zero-order valence-electron chi connectivity index (χ0n) is 12.8. The minimum absolute atomic E-state index is 0.0450. The summed E-state index contributed by atoms with van der Waals surface area (Å²) in [5, 5.41) is 5.43. The van der Waals surface area contributed by atoms with Gasteiger partial charge in [0, 0.05) is 19.1 Å². The van der Waals surface area contributed by atoms with E-state index in [1.54, 1.807) is 12.1 Å². The van der Waals surface area contributed by atoms with Crippen molar-refractivity contribution in [1.82, 2.24) is 5.32 Å². The maximum absolute atomic E-state index is 12.0. The van der Waals surface area contributed by atoms with Crippen molar-refractivity contribution in [3.63, 3.8) is 0 Å². The predicted molar refractivity (Wildman–Crippen MR) is 82.8 cm³/mol. The third-order valence-electron chi connectivity index (χ3n) is 3.48. The Morgan fingerprint density at radius 3 is 2.73 bits per heavy atom. The van der Waals surface area contributed by atoms with Gasteiger partial charge in [0.15, 0.2) is 0 Å². The van der Waals surface area contributed by atoms with Crippen LogP contribution in [0.2, 0.25) is 0 Å². The van der Waals surface area contributed by atoms with Gasteiger partial charge in [-0.05, 0) is 31.9 Å². The minimum atomic E-state index is -0.271. The predicted octanol–water partition coefficient (Wildman–Crippen LogP) is 1.57. The lowest BCUT2D eigenvalue weighted by Crippen LogP contribution is -2.38. The normalized spacial score (nSPS) is 15.1. The highest BCUT2D eigenvalue weighted by atomic mass is 16.5. The van der Waals surface area contributed by atoms with Gasteiger partial charge in [-0.2, -0.15) is 0 Å². The van der Waals surface area contributed by atoms with Crippen molar-refractivity contribution in [2.45, 2.75) is 19.8 Å². The molecule has 1 aromatic rings. The average Bonchev–Trinajstić information content (AvgIpc) is 2.55. The summed E-state index contributed by atoms with van der Waals surface area (Å²) in [6.07, 6.45) is 1.42. The van der Waals surface area contributed by atoms with E-state index in [2.05, 4.69) is 10.6 Å². The second kappa shape index (κ2) is 8.38. The number of hydrogen-bond donors (Lipinski definition) is 2. The molecular weight excluding hydrogens is 284 g/mol. The molecule has 6 nitrogen and oxygen atoms in total. The van der Waals surface area contributed by atoms with E-state index >= 15 is 0 Å². The Bertz CT molecular complexity index is 513. The van der Waals surface area contributed by atoms with Crippen LogP contribution >= 0.6 is 0 Å². The Hall–Kier alpha value is -2.08. The van der Waals surface area contributed by atoms with Gasteiger partial charge >= 0.3 is 0 Å². The van der Waals surface area contributed by atoms with Crippen molar-refractivity contribution < 1.29 is 19.1 Å². The highest BCUT2D eigenvalue weighted by molar-refractivity contribution is 5.95. The summed E-state index contributed by atoms with van der Waals surface area (Å²) >= 11 is 0. The molecule has 1 aromatic carbocycles. The molecule has 2 amide bonds. The molecule has 1 heterocycles. The summed E-state index contributed by atoms with van der Waals surface area (Å²) in [7, 11) is 0. The van der Waals surface area contributed by atoms with Crippen molar-refractivity contribution in [1.29, 1.82) is 0 Å². The SMILES string of the molecule is CCOc1ccccc1NC(=O)CNC(=O)C1CCOCC1. The number of nitrogens with one attached hydrogen (secondary N) is 2. The molecule has 0 radical (unpaired) electrons. The van der Waals surface area contributed by atoms with Crippen LogP contribution in [0.1, 0.15) is 19.8 Å². The van der Waals surface area contributed by atoms with Gasteiger partial charge < -0.3 is 20.1 Å². The molecule has 1 saturated heterocycles. The fourth-order valence-electron chi connectivity index (χ4n) is 2.32. The average molecular weight is 306 g/mol. The highest BCUT2D eigenvalue weighted by Crippen LogP contribution is 2.23. The van der Waals surface area contributed by atoms with E-state index in [9.17, 15) is 9.59 Å². The molecule has 2 rings (SSSR count). The molecule has 0 spiro atoms. The molecule has 0 unspecified atom stereocenters. The molecule has 0 atom stereocenters. The van der Waals surface area contributed by atoms with Crippen LogP contribution in [0.25, 0.3) is 0 Å². The molecular formula is C16H22N2O4. The van der Waals surface area contributed by atoms with Gasteiger partial charge in [-0.25, -0.2) is 0 Å². The fourth-order valence-corrected chi connectivity index (χ4v) is 2.32. The van der Waals surface area contributed by atoms with Crippen LogP contribution in [0.5, 0.6) is 5.75 Å². The number of amides is 2. The van der Waals surface area contributed by atoms with Crippen molar-refractivity contribution >= 4 is 17.5 Å². The maximum Gasteiger partial charge on any atom is 0.243 e. The molecule has 22 heavy (non-hydrogen) atoms. The Balaban J connectivity index is 1.81. The topological polar surface area (TPSA) is 76.7 Å². The summed E-state index contributed by atoms with van der Waals surface area (Å²) in [4.78, 5) is 23.9. The van der Waals surface area contributed by atoms with Gasteiger partial charge in [-0.15, -0.1) is 0 Å². The first-order chi connectivity index (χ1) is 10.7. The maximum atomic E-state index is 12.0. The van der Waals surface area contributed by atoms with Gasteiger partial charge in [-0.1, -0.05) is 12.1 Å². The molecule has 1 aliphatic rings. The third-order valence-corrected chi connectivity index (χ3v) is 3.48. The molecule has 0 aliphatic carbocycles. The Kier molecular flexibility index (Phi) is 6.21. The first-order valence-corrected chi connectivity index (χ1v) is 7.58. The van der Waals surface area contributed by atoms with Crippen LogP contribution in [-0.4, -0.2) is 38.2 Å². The Labute approximate surface area is 130 Å². The molecule has 2 N–H and O–H groups in total. The fraction of sp³-hybridized carbons (Fsp3) is 0.500. The van der Waals surface area contributed by atoms with Gasteiger partial charge in [0.2, 0.25) is 11.8 Å². The van der Waals surface area contributed by atoms with E-state index in [1.165, 1.54) is 0 Å². The molecule has 6 heteroatoms. The Morgan fingerprint density at radius 1 is 1.27 bits per heavy atom. The van der Waals surface area contributed by atoms with Crippen LogP contribution in [0.15, 0.2) is 24.3 Å². The number of rotatable bonds is 6. The zero-order valence-corrected chi connectivity index (χ0v) is 12.8. The number of ether oxygens (including phenoxy) is 2. The van der Waals surface area contributed by atoms with Crippen LogP contribution < -0.4 is 15.4 Å². The van der Waals surface area contributed by atoms with E-state index in [-0.39, 0.29) is 24.3 Å². The second-order valence-electron chi connectivity index (χ2n) is 5.08. The van der Waals surface area contributed by atoms with Crippen molar-refractivity contribution in [2.24, 2.45) is 5.92 Å². The summed E-state index contributed by atoms with van der Waals surface area (Å²) in [5.41, 5.74) is 0.606. The Morgan fingerprint density at radius 2 is 2.00 bits per heavy atom. The van der Waals surface area contributed by atoms with E-state index in [0.717, 1.165) is 0 Å². The van der Waals surface area contributed by atoms with Gasteiger partial charge in [0.25, 0.3) is 0 Å². The lowest BCUT2D eigenvalue weighted by atomic mass is 9.99. The van der Waals surface area contributed by atoms with Crippen LogP contribution in [0, 0.1) is 5.92 Å². The van der Waals surface area contributed by atoms with E-state index < -0.39 is 0 Å². The first kappa shape index (κ1) is 16.3. The monoisotopic (exact) mass is 306 g/mol. The first-order valence-electron chi connectivity index (χ1n) is 7.58. The number of carbonyl (C=O) groups is 2. The zero-order chi connectivity index (χ0) is 15.8. The molecule has 0 saturated carbocycles. The number of benzene rings is 1. The molecule has 1 fully saturated rings. The number of anilines is 1. The molecule has 1 aliphatic heterocycles. The molecule has 0 aromatic heterocycles. The van der Waals surface area contributed by atoms with Gasteiger partial charge in [-0.3, -0.25) is 9.59 Å². The van der Waals surface area contributed by atoms with Crippen LogP contribution in [0.3, 0.4) is 0 Å². The standard InChI is InChI=1S/C16H22N2O4/c1-2-22-14-6-4-3-5-13(14)18-15(19)11-17-16(20)12-7-9-21-10-8-12/h3-6,12H,2,7-11H2,1H3,(H,17,20)(H,18,19). The smallest absolute Gasteiger partial charge is 0.243 e. The van der Waals surface area contributed by atoms with Crippen molar-refractivity contribution in [2.75, 3.05) is 31.7 Å². The molecule has 0 bridgehead atoms. The highest BCUT2D eigenvalue weighted by Gasteiger charge is 2.21. The number of hydrogen-bond acceptors (Lipinski definition) is 4. The van der Waals surface area contributed by atoms with Crippen LogP contribution in [0.4, 0.5) is 5.69 Å². The van der Waals surface area contributed by atoms with Crippen LogP contribution in [-0.2, 0) is 14.3 Å². The summed E-state index contributed by atoms with van der Waals surface area (Å²) in [6, 6.07) is 7.22. The summed E-state index contributed by atoms with van der Waals surface area (Å²) < 4.78 is 10.7. The van der Waals surface area contributed by atoms with E-state index in [4.69, 9.17) is 9.47 Å². The minimum Gasteiger partial charge on any atom is -0.492 e. The van der Waals surface area contributed by atoms with Crippen molar-refractivity contribution in [3.8, 4) is 5.75 Å². The van der Waals surface area contributed by atoms with Gasteiger partial charge in [0.05, 0.1) is 18.8 Å².